The quantitative estimate of drug-likeness (QED) is 0.263. The number of nitrogens with two attached hydrogens (primary N) is 1. The van der Waals surface area contributed by atoms with E-state index in [1.54, 1.807) is 0 Å². The fourth-order valence-corrected chi connectivity index (χ4v) is 0.0852. The van der Waals surface area contributed by atoms with Crippen LogP contribution in [0.25, 0.3) is 0 Å². The van der Waals surface area contributed by atoms with Gasteiger partial charge in [0.2, 0.25) is 0 Å². The summed E-state index contributed by atoms with van der Waals surface area (Å²) in [7, 11) is 0. The van der Waals surface area contributed by atoms with Crippen molar-refractivity contribution >= 4 is 0 Å². The van der Waals surface area contributed by atoms with Crippen LogP contribution >= 0.6 is 0 Å². The fraction of sp³-hybridized carbons (Fsp3) is 0. The molecular weight excluding hydrogens is 174 g/mol. The first-order chi connectivity index (χ1) is 5.41. The Bertz CT molecular complexity index is 53.9. The molecule has 0 atom stereocenters. The standard InChI is InChI=1S/H3NO10/c1-3-5-7-9-11-10-8-6-4-2/h2H,1H2. The second kappa shape index (κ2) is 9.56. The third-order valence-electron chi connectivity index (χ3n) is 0.236. The maximum atomic E-state index is 7.39. The minimum atomic E-state index is 2.87. The highest BCUT2D eigenvalue weighted by atomic mass is 17.9. The third kappa shape index (κ3) is 9.56. The van der Waals surface area contributed by atoms with Crippen molar-refractivity contribution in [1.82, 2.24) is 0 Å². The van der Waals surface area contributed by atoms with E-state index >= 15 is 0 Å². The molecule has 0 unspecified atom stereocenters. The summed E-state index contributed by atoms with van der Waals surface area (Å²) in [5.41, 5.74) is 0. The second-order valence-electron chi connectivity index (χ2n) is 0.647. The van der Waals surface area contributed by atoms with Crippen molar-refractivity contribution in [2.45, 2.75) is 0 Å². The fourth-order valence-electron chi connectivity index (χ4n) is 0.0852. The highest BCUT2D eigenvalue weighted by molar-refractivity contribution is 3.11. The lowest BCUT2D eigenvalue weighted by Gasteiger charge is -1.95. The van der Waals surface area contributed by atoms with Gasteiger partial charge in [-0.2, -0.15) is 5.90 Å². The molecule has 0 bridgehead atoms. The average Bonchev–Trinajstić information content (AvgIpc) is 2.03. The minimum Gasteiger partial charge on any atom is -0.219 e. The van der Waals surface area contributed by atoms with Crippen molar-refractivity contribution < 1.29 is 50.6 Å². The summed E-state index contributed by atoms with van der Waals surface area (Å²) in [4.78, 5) is 3.35. The van der Waals surface area contributed by atoms with Gasteiger partial charge in [-0.3, -0.25) is 0 Å². The Balaban J connectivity index is 2.69. The van der Waals surface area contributed by atoms with Crippen LogP contribution in [0.5, 0.6) is 0 Å². The van der Waals surface area contributed by atoms with E-state index in [4.69, 9.17) is 5.26 Å². The molecule has 11 nitrogen and oxygen atoms in total. The summed E-state index contributed by atoms with van der Waals surface area (Å²) >= 11 is 0. The smallest absolute Gasteiger partial charge is 0.000000461 e. The Kier molecular flexibility index (Phi) is 9.18. The van der Waals surface area contributed by atoms with Crippen LogP contribution in [0.15, 0.2) is 0 Å². The first kappa shape index (κ1) is 10.6. The Morgan fingerprint density at radius 1 is 0.727 bits per heavy atom. The molecule has 0 amide bonds. The molecule has 0 aromatic rings. The van der Waals surface area contributed by atoms with Gasteiger partial charge in [0.1, 0.15) is 0 Å². The summed E-state index contributed by atoms with van der Waals surface area (Å²) in [6, 6.07) is 0. The molecule has 0 radical (unpaired) electrons. The van der Waals surface area contributed by atoms with E-state index in [-0.39, 0.29) is 0 Å². The van der Waals surface area contributed by atoms with Gasteiger partial charge in [-0.05, 0) is 40.3 Å². The molecule has 0 aromatic heterocycles. The molecule has 0 aliphatic heterocycles. The van der Waals surface area contributed by atoms with E-state index in [1.807, 2.05) is 0 Å². The van der Waals surface area contributed by atoms with E-state index in [1.165, 1.54) is 0 Å². The Labute approximate surface area is 57.8 Å². The van der Waals surface area contributed by atoms with Crippen LogP contribution in [0, 0.1) is 0 Å². The van der Waals surface area contributed by atoms with E-state index < -0.39 is 0 Å². The molecule has 0 saturated heterocycles. The zero-order chi connectivity index (χ0) is 8.36. The molecule has 0 aliphatic rings. The topological polar surface area (TPSA) is 129 Å². The van der Waals surface area contributed by atoms with Gasteiger partial charge in [0.15, 0.2) is 0 Å². The van der Waals surface area contributed by atoms with Crippen LogP contribution in [0.4, 0.5) is 0 Å². The van der Waals surface area contributed by atoms with Gasteiger partial charge >= 0.3 is 0 Å². The number of hydrogen-bond acceptors (Lipinski definition) is 11. The SMILES string of the molecule is NOOOOOOOOOO. The van der Waals surface area contributed by atoms with Gasteiger partial charge in [0.05, 0.1) is 0 Å². The molecule has 0 fully saturated rings. The molecule has 0 saturated carbocycles. The molecular formula is H3NO10. The van der Waals surface area contributed by atoms with Gasteiger partial charge < -0.3 is 0 Å². The third-order valence-corrected chi connectivity index (χ3v) is 0.236. The van der Waals surface area contributed by atoms with Crippen LogP contribution in [0.2, 0.25) is 0 Å². The van der Waals surface area contributed by atoms with Crippen molar-refractivity contribution in [1.29, 1.82) is 0 Å². The largest absolute Gasteiger partial charge is 0.219 e. The van der Waals surface area contributed by atoms with Gasteiger partial charge in [-0.1, -0.05) is 0 Å². The second-order valence-corrected chi connectivity index (χ2v) is 0.647. The Morgan fingerprint density at radius 3 is 1.64 bits per heavy atom. The molecule has 11 heteroatoms. The molecule has 3 N–H and O–H groups in total. The molecule has 0 spiro atoms. The lowest BCUT2D eigenvalue weighted by molar-refractivity contribution is -0.844. The maximum absolute atomic E-state index is 7.39. The van der Waals surface area contributed by atoms with Gasteiger partial charge in [-0.15, -0.1) is 4.99 Å². The minimum absolute atomic E-state index is 2.87. The zero-order valence-corrected chi connectivity index (χ0v) is 4.70. The lowest BCUT2D eigenvalue weighted by Crippen LogP contribution is -2.04. The van der Waals surface area contributed by atoms with E-state index in [0.29, 0.717) is 0 Å². The van der Waals surface area contributed by atoms with Crippen molar-refractivity contribution in [2.75, 3.05) is 0 Å². The Morgan fingerprint density at radius 2 is 1.18 bits per heavy atom. The van der Waals surface area contributed by atoms with Crippen LogP contribution in [-0.4, -0.2) is 5.26 Å². The highest BCUT2D eigenvalue weighted by Gasteiger charge is 1.93. The molecule has 0 heterocycles. The lowest BCUT2D eigenvalue weighted by atomic mass is 13.5. The average molecular weight is 177 g/mol. The highest BCUT2D eigenvalue weighted by Crippen LogP contribution is 1.86. The predicted octanol–water partition coefficient (Wildman–Crippen LogP) is -1.20. The van der Waals surface area contributed by atoms with E-state index in [2.05, 4.69) is 51.2 Å². The van der Waals surface area contributed by atoms with Crippen molar-refractivity contribution in [3.63, 3.8) is 0 Å². The van der Waals surface area contributed by atoms with Gasteiger partial charge in [-0.25, -0.2) is 5.26 Å². The van der Waals surface area contributed by atoms with Crippen LogP contribution < -0.4 is 5.90 Å². The molecule has 0 aromatic carbocycles. The Hall–Kier alpha value is -0.440. The number of hydrogen-bond donors (Lipinski definition) is 2. The predicted molar refractivity (Wildman–Crippen MR) is 16.6 cm³/mol. The molecule has 0 rings (SSSR count). The van der Waals surface area contributed by atoms with Gasteiger partial charge in [0, 0.05) is 0 Å². The van der Waals surface area contributed by atoms with Gasteiger partial charge in [0.25, 0.3) is 0 Å². The molecule has 0 aliphatic carbocycles. The first-order valence-electron chi connectivity index (χ1n) is 1.75. The summed E-state index contributed by atoms with van der Waals surface area (Å²) in [6.45, 7) is 0. The molecule has 11 heavy (non-hydrogen) atoms. The maximum Gasteiger partial charge on any atom is -0.000000461 e. The van der Waals surface area contributed by atoms with Crippen molar-refractivity contribution in [3.05, 3.63) is 0 Å². The summed E-state index contributed by atoms with van der Waals surface area (Å²) in [5, 5.41) is 33.9. The zero-order valence-electron chi connectivity index (χ0n) is 4.70. The van der Waals surface area contributed by atoms with Crippen LogP contribution in [0.3, 0.4) is 0 Å². The van der Waals surface area contributed by atoms with E-state index in [0.717, 1.165) is 0 Å². The van der Waals surface area contributed by atoms with Crippen LogP contribution in [-0.2, 0) is 45.3 Å². The normalized spacial score (nSPS) is 10.4. The van der Waals surface area contributed by atoms with Crippen molar-refractivity contribution in [3.8, 4) is 0 Å². The summed E-state index contributed by atoms with van der Waals surface area (Å²) < 4.78 is 0. The van der Waals surface area contributed by atoms with Crippen molar-refractivity contribution in [2.24, 2.45) is 5.90 Å². The van der Waals surface area contributed by atoms with Crippen LogP contribution in [0.1, 0.15) is 0 Å². The summed E-state index contributed by atoms with van der Waals surface area (Å²) in [5.74, 6) is 4.26. The number of rotatable bonds is 8. The molecule has 68 valence electrons. The monoisotopic (exact) mass is 177 g/mol. The van der Waals surface area contributed by atoms with E-state index in [9.17, 15) is 0 Å². The first-order valence-corrected chi connectivity index (χ1v) is 1.75. The summed E-state index contributed by atoms with van der Waals surface area (Å²) in [6.07, 6.45) is 0.